The van der Waals surface area contributed by atoms with Crippen LogP contribution in [0.4, 0.5) is 13.2 Å². The number of para-hydroxylation sites is 1. The average molecular weight is 374 g/mol. The quantitative estimate of drug-likeness (QED) is 0.635. The van der Waals surface area contributed by atoms with Crippen LogP contribution in [-0.4, -0.2) is 32.1 Å². The van der Waals surface area contributed by atoms with Gasteiger partial charge in [-0.3, -0.25) is 0 Å². The minimum atomic E-state index is -5.75. The lowest BCUT2D eigenvalue weighted by Crippen LogP contribution is -2.27. The second kappa shape index (κ2) is 6.12. The first-order chi connectivity index (χ1) is 11.7. The van der Waals surface area contributed by atoms with E-state index < -0.39 is 27.6 Å². The third kappa shape index (κ3) is 3.49. The molecule has 1 aliphatic rings. The van der Waals surface area contributed by atoms with Crippen molar-refractivity contribution in [3.8, 4) is 0 Å². The van der Waals surface area contributed by atoms with E-state index in [0.29, 0.717) is 11.4 Å². The third-order valence-corrected chi connectivity index (χ3v) is 4.44. The Morgan fingerprint density at radius 3 is 2.60 bits per heavy atom. The Balaban J connectivity index is 1.84. The van der Waals surface area contributed by atoms with Crippen molar-refractivity contribution < 1.29 is 30.5 Å². The largest absolute Gasteiger partial charge is 0.534 e. The van der Waals surface area contributed by atoms with Crippen LogP contribution in [0.2, 0.25) is 0 Å². The molecular weight excluding hydrogens is 361 g/mol. The predicted octanol–water partition coefficient (Wildman–Crippen LogP) is 2.83. The fourth-order valence-electron chi connectivity index (χ4n) is 2.35. The van der Waals surface area contributed by atoms with Crippen molar-refractivity contribution in [2.24, 2.45) is 0 Å². The van der Waals surface area contributed by atoms with E-state index in [-0.39, 0.29) is 0 Å². The molecule has 2 heterocycles. The summed E-state index contributed by atoms with van der Waals surface area (Å²) in [5.41, 5.74) is -3.63. The number of fused-ring (bicyclic) bond motifs is 1. The van der Waals surface area contributed by atoms with Crippen LogP contribution in [0.25, 0.3) is 17.0 Å². The van der Waals surface area contributed by atoms with Gasteiger partial charge in [0, 0.05) is 24.4 Å². The maximum atomic E-state index is 12.4. The Bertz CT molecular complexity index is 928. The third-order valence-electron chi connectivity index (χ3n) is 3.48. The van der Waals surface area contributed by atoms with Crippen LogP contribution >= 0.6 is 0 Å². The molecule has 1 aromatic carbocycles. The molecule has 0 saturated heterocycles. The van der Waals surface area contributed by atoms with Crippen LogP contribution in [0.15, 0.2) is 48.0 Å². The van der Waals surface area contributed by atoms with Crippen molar-refractivity contribution in [3.63, 3.8) is 0 Å². The topological polar surface area (TPSA) is 80.4 Å². The maximum absolute atomic E-state index is 12.4. The second-order valence-electron chi connectivity index (χ2n) is 5.21. The van der Waals surface area contributed by atoms with Crippen LogP contribution in [0.5, 0.6) is 0 Å². The Morgan fingerprint density at radius 1 is 1.24 bits per heavy atom. The SMILES string of the molecule is COC1C=C(OS(=O)(=O)C(F)(F)F)NC1=Cc1cc2ccccc2[nH]1. The van der Waals surface area contributed by atoms with E-state index in [1.807, 2.05) is 30.3 Å². The Labute approximate surface area is 141 Å². The zero-order valence-corrected chi connectivity index (χ0v) is 13.6. The molecule has 0 aliphatic carbocycles. The summed E-state index contributed by atoms with van der Waals surface area (Å²) in [7, 11) is -4.41. The first kappa shape index (κ1) is 17.4. The first-order valence-corrected chi connectivity index (χ1v) is 8.42. The zero-order valence-electron chi connectivity index (χ0n) is 12.8. The molecule has 0 bridgehead atoms. The van der Waals surface area contributed by atoms with Crippen molar-refractivity contribution in [3.05, 3.63) is 53.7 Å². The smallest absolute Gasteiger partial charge is 0.371 e. The molecule has 25 heavy (non-hydrogen) atoms. The molecule has 1 aromatic heterocycles. The van der Waals surface area contributed by atoms with Crippen molar-refractivity contribution in [2.45, 2.75) is 11.6 Å². The molecule has 1 unspecified atom stereocenters. The number of ether oxygens (including phenoxy) is 1. The van der Waals surface area contributed by atoms with Gasteiger partial charge < -0.3 is 19.2 Å². The van der Waals surface area contributed by atoms with Gasteiger partial charge in [-0.2, -0.15) is 21.6 Å². The average Bonchev–Trinajstić information content (AvgIpc) is 3.08. The maximum Gasteiger partial charge on any atom is 0.534 e. The summed E-state index contributed by atoms with van der Waals surface area (Å²) in [4.78, 5) is 3.12. The standard InChI is InChI=1S/C15H13F3N2O4S/c1-23-13-8-14(24-25(21,22)15(16,17)18)20-12(13)7-10-6-9-4-2-3-5-11(9)19-10/h2-8,13,19-20H,1H3. The van der Waals surface area contributed by atoms with Crippen LogP contribution in [0.3, 0.4) is 0 Å². The fraction of sp³-hybridized carbons (Fsp3) is 0.200. The number of hydrogen-bond acceptors (Lipinski definition) is 5. The lowest BCUT2D eigenvalue weighted by atomic mass is 10.2. The number of nitrogens with one attached hydrogen (secondary N) is 2. The highest BCUT2D eigenvalue weighted by Crippen LogP contribution is 2.29. The van der Waals surface area contributed by atoms with Gasteiger partial charge >= 0.3 is 15.6 Å². The molecular formula is C15H13F3N2O4S. The summed E-state index contributed by atoms with van der Waals surface area (Å²) in [5.74, 6) is -0.563. The Kier molecular flexibility index (Phi) is 4.25. The fourth-order valence-corrected chi connectivity index (χ4v) is 2.78. The second-order valence-corrected chi connectivity index (χ2v) is 6.74. The summed E-state index contributed by atoms with van der Waals surface area (Å²) >= 11 is 0. The van der Waals surface area contributed by atoms with Crippen molar-refractivity contribution >= 4 is 27.1 Å². The summed E-state index contributed by atoms with van der Waals surface area (Å²) in [6, 6.07) is 9.33. The van der Waals surface area contributed by atoms with Crippen LogP contribution in [0, 0.1) is 0 Å². The highest BCUT2D eigenvalue weighted by molar-refractivity contribution is 7.87. The Hall–Kier alpha value is -2.46. The van der Waals surface area contributed by atoms with E-state index in [4.69, 9.17) is 4.74 Å². The van der Waals surface area contributed by atoms with E-state index >= 15 is 0 Å². The molecule has 10 heteroatoms. The zero-order chi connectivity index (χ0) is 18.2. The van der Waals surface area contributed by atoms with E-state index in [1.54, 1.807) is 6.08 Å². The summed E-state index contributed by atoms with van der Waals surface area (Å²) in [6.07, 6.45) is 1.93. The normalized spacial score (nSPS) is 19.9. The number of H-pyrrole nitrogens is 1. The summed E-state index contributed by atoms with van der Waals surface area (Å²) in [6.45, 7) is 0. The first-order valence-electron chi connectivity index (χ1n) is 7.01. The number of alkyl halides is 3. The Morgan fingerprint density at radius 2 is 1.96 bits per heavy atom. The van der Waals surface area contributed by atoms with E-state index in [9.17, 15) is 21.6 Å². The highest BCUT2D eigenvalue weighted by Gasteiger charge is 2.49. The summed E-state index contributed by atoms with van der Waals surface area (Å²) < 4.78 is 68.6. The molecule has 0 saturated carbocycles. The predicted molar refractivity (Wildman–Crippen MR) is 84.4 cm³/mol. The molecule has 2 aromatic rings. The molecule has 0 spiro atoms. The highest BCUT2D eigenvalue weighted by atomic mass is 32.2. The molecule has 6 nitrogen and oxygen atoms in total. The monoisotopic (exact) mass is 374 g/mol. The van der Waals surface area contributed by atoms with Crippen molar-refractivity contribution in [2.75, 3.05) is 7.11 Å². The van der Waals surface area contributed by atoms with Gasteiger partial charge in [0.05, 0.1) is 5.70 Å². The summed E-state index contributed by atoms with van der Waals surface area (Å²) in [5, 5.41) is 3.44. The van der Waals surface area contributed by atoms with E-state index in [2.05, 4.69) is 14.5 Å². The van der Waals surface area contributed by atoms with Gasteiger partial charge in [0.25, 0.3) is 0 Å². The van der Waals surface area contributed by atoms with Gasteiger partial charge in [0.1, 0.15) is 6.10 Å². The van der Waals surface area contributed by atoms with Gasteiger partial charge in [-0.15, -0.1) is 0 Å². The molecule has 134 valence electrons. The number of aromatic amines is 1. The number of benzene rings is 1. The molecule has 0 radical (unpaired) electrons. The van der Waals surface area contributed by atoms with Crippen molar-refractivity contribution in [1.82, 2.24) is 10.3 Å². The minimum Gasteiger partial charge on any atom is -0.371 e. The molecule has 3 rings (SSSR count). The lowest BCUT2D eigenvalue weighted by Gasteiger charge is -2.11. The number of rotatable bonds is 4. The molecule has 0 fully saturated rings. The van der Waals surface area contributed by atoms with Crippen LogP contribution < -0.4 is 5.32 Å². The van der Waals surface area contributed by atoms with E-state index in [1.165, 1.54) is 7.11 Å². The molecule has 0 amide bonds. The van der Waals surface area contributed by atoms with Crippen molar-refractivity contribution in [1.29, 1.82) is 0 Å². The number of hydrogen-bond donors (Lipinski definition) is 2. The van der Waals surface area contributed by atoms with Gasteiger partial charge in [0.2, 0.25) is 5.88 Å². The van der Waals surface area contributed by atoms with E-state index in [0.717, 1.165) is 17.0 Å². The molecule has 1 aliphatic heterocycles. The van der Waals surface area contributed by atoms with Gasteiger partial charge in [-0.25, -0.2) is 0 Å². The van der Waals surface area contributed by atoms with Gasteiger partial charge in [0.15, 0.2) is 0 Å². The number of methoxy groups -OCH3 is 1. The number of aromatic nitrogens is 1. The lowest BCUT2D eigenvalue weighted by molar-refractivity contribution is -0.0524. The molecule has 2 N–H and O–H groups in total. The molecule has 1 atom stereocenters. The van der Waals surface area contributed by atoms with Gasteiger partial charge in [-0.05, 0) is 23.6 Å². The minimum absolute atomic E-state index is 0.335. The van der Waals surface area contributed by atoms with Crippen LogP contribution in [-0.2, 0) is 19.0 Å². The van der Waals surface area contributed by atoms with Crippen LogP contribution in [0.1, 0.15) is 5.69 Å². The number of halogens is 3. The van der Waals surface area contributed by atoms with Gasteiger partial charge in [-0.1, -0.05) is 18.2 Å².